The van der Waals surface area contributed by atoms with Crippen LogP contribution in [0.4, 0.5) is 0 Å². The molecule has 1 aromatic heterocycles. The number of thiophene rings is 1. The first-order valence-corrected chi connectivity index (χ1v) is 9.87. The molecule has 0 aliphatic carbocycles. The summed E-state index contributed by atoms with van der Waals surface area (Å²) in [4.78, 5) is 14.8. The highest BCUT2D eigenvalue weighted by atomic mass is 32.2. The first-order valence-electron chi connectivity index (χ1n) is 7.55. The van der Waals surface area contributed by atoms with E-state index < -0.39 is 10.0 Å². The van der Waals surface area contributed by atoms with Crippen LogP contribution in [0.25, 0.3) is 0 Å². The monoisotopic (exact) mass is 344 g/mol. The Morgan fingerprint density at radius 1 is 1.09 bits per heavy atom. The standard InChI is InChI=1S/C14H20N2O4S2/c17-14(15-6-8-20-9-7-15)13-10-12(11-21-13)22(18,19)16-4-2-1-3-5-16/h10-11H,1-9H2. The third kappa shape index (κ3) is 3.19. The average molecular weight is 344 g/mol. The Bertz CT molecular complexity index is 629. The van der Waals surface area contributed by atoms with Gasteiger partial charge in [0.2, 0.25) is 10.0 Å². The number of carbonyl (C=O) groups excluding carboxylic acids is 1. The fourth-order valence-corrected chi connectivity index (χ4v) is 5.49. The number of hydrogen-bond donors (Lipinski definition) is 0. The zero-order valence-electron chi connectivity index (χ0n) is 12.4. The van der Waals surface area contributed by atoms with E-state index in [0.717, 1.165) is 19.3 Å². The Morgan fingerprint density at radius 2 is 1.77 bits per heavy atom. The van der Waals surface area contributed by atoms with Crippen LogP contribution in [0.5, 0.6) is 0 Å². The summed E-state index contributed by atoms with van der Waals surface area (Å²) in [7, 11) is -3.46. The van der Waals surface area contributed by atoms with E-state index in [1.807, 2.05) is 0 Å². The van der Waals surface area contributed by atoms with Crippen molar-refractivity contribution in [2.75, 3.05) is 39.4 Å². The number of rotatable bonds is 3. The zero-order valence-corrected chi connectivity index (χ0v) is 14.0. The van der Waals surface area contributed by atoms with Crippen LogP contribution in [0, 0.1) is 0 Å². The zero-order chi connectivity index (χ0) is 15.6. The van der Waals surface area contributed by atoms with Gasteiger partial charge in [-0.2, -0.15) is 4.31 Å². The van der Waals surface area contributed by atoms with Crippen molar-refractivity contribution in [3.63, 3.8) is 0 Å². The van der Waals surface area contributed by atoms with E-state index in [0.29, 0.717) is 44.3 Å². The van der Waals surface area contributed by atoms with Gasteiger partial charge in [0.25, 0.3) is 5.91 Å². The lowest BCUT2D eigenvalue weighted by Crippen LogP contribution is -2.40. The Hall–Kier alpha value is -0.960. The normalized spacial score (nSPS) is 21.0. The summed E-state index contributed by atoms with van der Waals surface area (Å²) < 4.78 is 31.9. The first kappa shape index (κ1) is 15.9. The number of piperidine rings is 1. The number of carbonyl (C=O) groups is 1. The van der Waals surface area contributed by atoms with Crippen molar-refractivity contribution in [1.82, 2.24) is 9.21 Å². The van der Waals surface area contributed by atoms with Crippen LogP contribution in [0.3, 0.4) is 0 Å². The lowest BCUT2D eigenvalue weighted by molar-refractivity contribution is 0.0306. The molecule has 0 bridgehead atoms. The second kappa shape index (κ2) is 6.66. The van der Waals surface area contributed by atoms with Gasteiger partial charge in [0, 0.05) is 31.6 Å². The van der Waals surface area contributed by atoms with Crippen LogP contribution in [-0.4, -0.2) is 62.9 Å². The van der Waals surface area contributed by atoms with Crippen molar-refractivity contribution in [2.45, 2.75) is 24.2 Å². The van der Waals surface area contributed by atoms with Gasteiger partial charge in [0.05, 0.1) is 23.0 Å². The fourth-order valence-electron chi connectivity index (χ4n) is 2.74. The molecule has 0 saturated carbocycles. The van der Waals surface area contributed by atoms with E-state index in [-0.39, 0.29) is 10.8 Å². The van der Waals surface area contributed by atoms with E-state index in [9.17, 15) is 13.2 Å². The highest BCUT2D eigenvalue weighted by molar-refractivity contribution is 7.89. The van der Waals surface area contributed by atoms with Gasteiger partial charge in [-0.05, 0) is 18.9 Å². The molecule has 2 aliphatic heterocycles. The molecule has 3 rings (SSSR count). The summed E-state index contributed by atoms with van der Waals surface area (Å²) in [6.45, 7) is 3.35. The minimum atomic E-state index is -3.46. The fraction of sp³-hybridized carbons (Fsp3) is 0.643. The topological polar surface area (TPSA) is 66.9 Å². The van der Waals surface area contributed by atoms with E-state index >= 15 is 0 Å². The quantitative estimate of drug-likeness (QED) is 0.831. The number of amides is 1. The van der Waals surface area contributed by atoms with Crippen molar-refractivity contribution in [3.05, 3.63) is 16.3 Å². The van der Waals surface area contributed by atoms with Gasteiger partial charge in [-0.1, -0.05) is 6.42 Å². The molecule has 2 aliphatic rings. The summed E-state index contributed by atoms with van der Waals surface area (Å²) in [6.07, 6.45) is 2.89. The second-order valence-electron chi connectivity index (χ2n) is 5.52. The van der Waals surface area contributed by atoms with E-state index in [1.54, 1.807) is 10.3 Å². The summed E-state index contributed by atoms with van der Waals surface area (Å²) in [5, 5.41) is 1.58. The van der Waals surface area contributed by atoms with Crippen LogP contribution in [0.2, 0.25) is 0 Å². The van der Waals surface area contributed by atoms with Crippen LogP contribution in [-0.2, 0) is 14.8 Å². The molecule has 0 atom stereocenters. The van der Waals surface area contributed by atoms with Gasteiger partial charge in [0.15, 0.2) is 0 Å². The lowest BCUT2D eigenvalue weighted by atomic mass is 10.2. The highest BCUT2D eigenvalue weighted by Crippen LogP contribution is 2.26. The lowest BCUT2D eigenvalue weighted by Gasteiger charge is -2.26. The number of ether oxygens (including phenoxy) is 1. The molecule has 0 N–H and O–H groups in total. The molecule has 0 aromatic carbocycles. The van der Waals surface area contributed by atoms with Gasteiger partial charge in [-0.25, -0.2) is 8.42 Å². The van der Waals surface area contributed by atoms with E-state index in [4.69, 9.17) is 4.74 Å². The number of sulfonamides is 1. The Balaban J connectivity index is 1.76. The SMILES string of the molecule is O=C(c1cc(S(=O)(=O)N2CCCCC2)cs1)N1CCOCC1. The van der Waals surface area contributed by atoms with Gasteiger partial charge in [-0.15, -0.1) is 11.3 Å². The van der Waals surface area contributed by atoms with Crippen molar-refractivity contribution in [2.24, 2.45) is 0 Å². The summed E-state index contributed by atoms with van der Waals surface area (Å²) in [6, 6.07) is 1.52. The second-order valence-corrected chi connectivity index (χ2v) is 8.37. The molecule has 1 aromatic rings. The van der Waals surface area contributed by atoms with Crippen molar-refractivity contribution in [3.8, 4) is 0 Å². The maximum atomic E-state index is 12.6. The smallest absolute Gasteiger partial charge is 0.264 e. The minimum absolute atomic E-state index is 0.103. The third-order valence-corrected chi connectivity index (χ3v) is 6.98. The van der Waals surface area contributed by atoms with Crippen LogP contribution < -0.4 is 0 Å². The van der Waals surface area contributed by atoms with Gasteiger partial charge in [-0.3, -0.25) is 4.79 Å². The van der Waals surface area contributed by atoms with Crippen LogP contribution in [0.15, 0.2) is 16.3 Å². The summed E-state index contributed by atoms with van der Waals surface area (Å²) in [5.41, 5.74) is 0. The summed E-state index contributed by atoms with van der Waals surface area (Å²) in [5.74, 6) is -0.103. The van der Waals surface area contributed by atoms with Gasteiger partial charge in [0.1, 0.15) is 0 Å². The molecule has 1 amide bonds. The summed E-state index contributed by atoms with van der Waals surface area (Å²) >= 11 is 1.20. The van der Waals surface area contributed by atoms with Crippen molar-refractivity contribution < 1.29 is 17.9 Å². The molecular formula is C14H20N2O4S2. The third-order valence-electron chi connectivity index (χ3n) is 4.04. The molecule has 3 heterocycles. The van der Waals surface area contributed by atoms with Crippen LogP contribution in [0.1, 0.15) is 28.9 Å². The number of morpholine rings is 1. The van der Waals surface area contributed by atoms with Crippen LogP contribution >= 0.6 is 11.3 Å². The van der Waals surface area contributed by atoms with Gasteiger partial charge >= 0.3 is 0 Å². The maximum absolute atomic E-state index is 12.6. The molecular weight excluding hydrogens is 324 g/mol. The Kier molecular flexibility index (Phi) is 4.82. The largest absolute Gasteiger partial charge is 0.378 e. The van der Waals surface area contributed by atoms with E-state index in [2.05, 4.69) is 0 Å². The van der Waals surface area contributed by atoms with Gasteiger partial charge < -0.3 is 9.64 Å². The predicted octanol–water partition coefficient (Wildman–Crippen LogP) is 1.40. The molecule has 2 saturated heterocycles. The van der Waals surface area contributed by atoms with Crippen molar-refractivity contribution >= 4 is 27.3 Å². The molecule has 0 unspecified atom stereocenters. The minimum Gasteiger partial charge on any atom is -0.378 e. The van der Waals surface area contributed by atoms with E-state index in [1.165, 1.54) is 21.7 Å². The predicted molar refractivity (Wildman–Crippen MR) is 83.7 cm³/mol. The molecule has 6 nitrogen and oxygen atoms in total. The Labute approximate surface area is 134 Å². The first-order chi connectivity index (χ1) is 10.6. The molecule has 0 radical (unpaired) electrons. The maximum Gasteiger partial charge on any atom is 0.264 e. The number of nitrogens with zero attached hydrogens (tertiary/aromatic N) is 2. The van der Waals surface area contributed by atoms with Crippen molar-refractivity contribution in [1.29, 1.82) is 0 Å². The molecule has 0 spiro atoms. The molecule has 22 heavy (non-hydrogen) atoms. The number of hydrogen-bond acceptors (Lipinski definition) is 5. The molecule has 2 fully saturated rings. The molecule has 8 heteroatoms. The Morgan fingerprint density at radius 3 is 2.45 bits per heavy atom. The average Bonchev–Trinajstić information content (AvgIpc) is 3.06. The highest BCUT2D eigenvalue weighted by Gasteiger charge is 2.28. The molecule has 122 valence electrons.